The van der Waals surface area contributed by atoms with Crippen molar-refractivity contribution >= 4 is 189 Å². The summed E-state index contributed by atoms with van der Waals surface area (Å²) >= 11 is 56.4. The second kappa shape index (κ2) is 41.5. The van der Waals surface area contributed by atoms with E-state index in [-0.39, 0.29) is 210 Å². The number of benzene rings is 3. The van der Waals surface area contributed by atoms with Crippen molar-refractivity contribution in [3.05, 3.63) is 255 Å². The predicted octanol–water partition coefficient (Wildman–Crippen LogP) is 21.6. The maximum atomic E-state index is 15.6. The Balaban J connectivity index is 0.000000178. The Morgan fingerprint density at radius 3 is 0.787 bits per heavy atom. The van der Waals surface area contributed by atoms with E-state index in [0.29, 0.717) is 50.8 Å². The summed E-state index contributed by atoms with van der Waals surface area (Å²) in [5, 5.41) is 28.2. The molecule has 3 aliphatic heterocycles. The standard InChI is InChI=1S/3C33H30Cl3F2N7O2/c3*1-7-21(46)44-16(5)12-43(13-17(44)6)31-18-10-20(34)29(22-25(37)23(35)24(36)27(40)26(22)38)42-32(18)45(33(47)19(31)11-39)30-15(4)8-9-41-28(30)14(2)3/h3*7-10,14,16-17H,1,12-13,40H2,2-6H3/t3*16-,17+. The fraction of sp³-hybridized carbons (Fsp3) is 0.303. The van der Waals surface area contributed by atoms with Crippen LogP contribution in [0.15, 0.2) is 107 Å². The highest BCUT2D eigenvalue weighted by Gasteiger charge is 2.42. The highest BCUT2D eigenvalue weighted by Crippen LogP contribution is 2.50. The lowest BCUT2D eigenvalue weighted by Crippen LogP contribution is -2.58. The molecule has 15 rings (SSSR count). The minimum absolute atomic E-state index is 0.0465. The van der Waals surface area contributed by atoms with Crippen molar-refractivity contribution in [1.29, 1.82) is 15.8 Å². The molecule has 0 spiro atoms. The summed E-state index contributed by atoms with van der Waals surface area (Å²) in [6.07, 6.45) is 8.53. The molecule has 3 aliphatic rings. The van der Waals surface area contributed by atoms with Gasteiger partial charge in [-0.3, -0.25) is 57.4 Å². The van der Waals surface area contributed by atoms with Gasteiger partial charge in [0.05, 0.1) is 147 Å². The molecule has 3 saturated heterocycles. The zero-order chi connectivity index (χ0) is 104. The monoisotopic (exact) mass is 2100 g/mol. The lowest BCUT2D eigenvalue weighted by Gasteiger charge is -2.45. The number of hydrogen-bond acceptors (Lipinski definition) is 21. The minimum Gasteiger partial charge on any atom is -0.395 e. The number of carbonyl (C=O) groups is 3. The number of carbonyl (C=O) groups excluding carboxylic acids is 3. The number of nitrogens with zero attached hydrogens (tertiary/aromatic N) is 18. The van der Waals surface area contributed by atoms with Gasteiger partial charge in [-0.05, 0) is 151 Å². The summed E-state index contributed by atoms with van der Waals surface area (Å²) < 4.78 is 97.5. The van der Waals surface area contributed by atoms with E-state index in [1.165, 1.54) is 50.1 Å². The fourth-order valence-corrected chi connectivity index (χ4v) is 20.6. The fourth-order valence-electron chi connectivity index (χ4n) is 18.8. The van der Waals surface area contributed by atoms with Crippen LogP contribution in [0.2, 0.25) is 45.2 Å². The first kappa shape index (κ1) is 106. The first-order chi connectivity index (χ1) is 66.5. The average Bonchev–Trinajstić information content (AvgIpc) is 0.725. The van der Waals surface area contributed by atoms with Crippen LogP contribution >= 0.6 is 104 Å². The molecule has 6 N–H and O–H groups in total. The summed E-state index contributed by atoms with van der Waals surface area (Å²) in [5.41, 5.74) is 14.6. The molecule has 3 aromatic carbocycles. The molecule has 0 aliphatic carbocycles. The summed E-state index contributed by atoms with van der Waals surface area (Å²) in [7, 11) is 0. The minimum atomic E-state index is -1.24. The van der Waals surface area contributed by atoms with Gasteiger partial charge in [0.1, 0.15) is 51.8 Å². The van der Waals surface area contributed by atoms with Crippen molar-refractivity contribution in [2.75, 3.05) is 71.2 Å². The Kier molecular flexibility index (Phi) is 31.0. The molecule has 27 nitrogen and oxygen atoms in total. The Morgan fingerprint density at radius 2 is 0.596 bits per heavy atom. The zero-order valence-electron chi connectivity index (χ0n) is 78.4. The molecular formula is C99H90Cl9F6N21O6. The number of halogens is 15. The molecular weight excluding hydrogens is 2010 g/mol. The highest BCUT2D eigenvalue weighted by molar-refractivity contribution is 6.46. The molecule has 0 radical (unpaired) electrons. The molecule has 0 bridgehead atoms. The van der Waals surface area contributed by atoms with Crippen LogP contribution in [-0.2, 0) is 14.4 Å². The van der Waals surface area contributed by atoms with Crippen molar-refractivity contribution in [2.24, 2.45) is 0 Å². The van der Waals surface area contributed by atoms with Crippen LogP contribution in [0, 0.1) is 89.7 Å². The lowest BCUT2D eigenvalue weighted by molar-refractivity contribution is -0.131. The van der Waals surface area contributed by atoms with E-state index in [9.17, 15) is 44.6 Å². The van der Waals surface area contributed by atoms with Gasteiger partial charge in [0, 0.05) is 110 Å². The second-order valence-electron chi connectivity index (χ2n) is 35.3. The van der Waals surface area contributed by atoms with Crippen LogP contribution in [0.25, 0.3) is 83.9 Å². The maximum absolute atomic E-state index is 15.6. The normalized spacial score (nSPS) is 16.6. The summed E-state index contributed by atoms with van der Waals surface area (Å²) in [4.78, 5) is 120. The number of pyridine rings is 9. The Morgan fingerprint density at radius 1 is 0.383 bits per heavy atom. The Labute approximate surface area is 850 Å². The van der Waals surface area contributed by atoms with E-state index >= 15 is 26.3 Å². The van der Waals surface area contributed by atoms with E-state index in [2.05, 4.69) is 67.8 Å². The number of aryl methyl sites for hydroxylation is 3. The van der Waals surface area contributed by atoms with Gasteiger partial charge in [-0.2, -0.15) is 15.8 Å². The maximum Gasteiger partial charge on any atom is 0.276 e. The Bertz CT molecular complexity index is 6860. The van der Waals surface area contributed by atoms with Crippen LogP contribution < -0.4 is 48.6 Å². The van der Waals surface area contributed by atoms with E-state index in [1.807, 2.05) is 97.8 Å². The second-order valence-corrected chi connectivity index (χ2v) is 38.8. The third-order valence-corrected chi connectivity index (χ3v) is 28.3. The number of amides is 3. The van der Waals surface area contributed by atoms with Crippen LogP contribution in [0.5, 0.6) is 0 Å². The first-order valence-corrected chi connectivity index (χ1v) is 47.3. The molecule has 12 aromatic rings. The summed E-state index contributed by atoms with van der Waals surface area (Å²) in [5.74, 6) is -8.72. The number of nitrogen functional groups attached to an aromatic ring is 3. The zero-order valence-corrected chi connectivity index (χ0v) is 85.2. The number of nitrogens with two attached hydrogens (primary N) is 3. The van der Waals surface area contributed by atoms with Gasteiger partial charge >= 0.3 is 0 Å². The van der Waals surface area contributed by atoms with Gasteiger partial charge in [0.15, 0.2) is 34.9 Å². The number of rotatable bonds is 15. The smallest absolute Gasteiger partial charge is 0.276 e. The molecule has 732 valence electrons. The van der Waals surface area contributed by atoms with Crippen molar-refractivity contribution in [1.82, 2.24) is 58.3 Å². The number of hydrogen-bond donors (Lipinski definition) is 3. The molecule has 42 heteroatoms. The molecule has 3 fully saturated rings. The van der Waals surface area contributed by atoms with Gasteiger partial charge in [-0.15, -0.1) is 0 Å². The van der Waals surface area contributed by atoms with Gasteiger partial charge in [-0.1, -0.05) is 166 Å². The Hall–Kier alpha value is -12.7. The molecule has 0 saturated carbocycles. The number of aromatic nitrogens is 9. The van der Waals surface area contributed by atoms with Gasteiger partial charge in [0.25, 0.3) is 16.7 Å². The van der Waals surface area contributed by atoms with Gasteiger partial charge in [-0.25, -0.2) is 41.3 Å². The van der Waals surface area contributed by atoms with Crippen LogP contribution in [0.1, 0.15) is 151 Å². The first-order valence-electron chi connectivity index (χ1n) is 43.9. The average molecular weight is 2100 g/mol. The van der Waals surface area contributed by atoms with E-state index in [0.717, 1.165) is 0 Å². The number of nitriles is 3. The predicted molar refractivity (Wildman–Crippen MR) is 545 cm³/mol. The highest BCUT2D eigenvalue weighted by atomic mass is 35.5. The lowest BCUT2D eigenvalue weighted by atomic mass is 10.0. The summed E-state index contributed by atoms with van der Waals surface area (Å²) in [6.45, 7) is 40.0. The van der Waals surface area contributed by atoms with Crippen molar-refractivity contribution < 1.29 is 40.7 Å². The van der Waals surface area contributed by atoms with Crippen LogP contribution in [0.4, 0.5) is 60.5 Å². The van der Waals surface area contributed by atoms with E-state index in [1.54, 1.807) is 72.3 Å². The SMILES string of the molecule is C=CC(=O)N1[C@H](C)CN(c2c(C#N)c(=O)n(-c3c(C)ccnc3C(C)C)c3nc(-c4c(F)c(N)c(Cl)c(Cl)c4F)c(Cl)cc23)C[C@@H]1C.C=CC(=O)N1[C@H](C)CN(c2c(C#N)c(=O)n(-c3c(C)ccnc3C(C)C)c3nc(-c4c(F)c(N)c(Cl)c(Cl)c4F)c(Cl)cc23)C[C@@H]1C.C=CC(=O)N1[C@H](C)CN(c2c(C#N)c(=O)n(-c3c(C)ccnc3C(C)C)c3nc(-c4c(F)c(N)c(Cl)c(Cl)c4F)c(Cl)cc23)C[C@@H]1C. The largest absolute Gasteiger partial charge is 0.395 e. The van der Waals surface area contributed by atoms with Crippen LogP contribution in [-0.4, -0.2) is 152 Å². The van der Waals surface area contributed by atoms with Crippen molar-refractivity contribution in [3.8, 4) is 69.0 Å². The van der Waals surface area contributed by atoms with Gasteiger partial charge < -0.3 is 46.6 Å². The molecule has 12 heterocycles. The van der Waals surface area contributed by atoms with E-state index < -0.39 is 115 Å². The van der Waals surface area contributed by atoms with Crippen molar-refractivity contribution in [2.45, 2.75) is 158 Å². The number of fused-ring (bicyclic) bond motifs is 3. The van der Waals surface area contributed by atoms with Crippen LogP contribution in [0.3, 0.4) is 0 Å². The quantitative estimate of drug-likeness (QED) is 0.0282. The topological polar surface area (TPSA) is 363 Å². The summed E-state index contributed by atoms with van der Waals surface area (Å²) in [6, 6.07) is 13.5. The molecule has 6 atom stereocenters. The van der Waals surface area contributed by atoms with Crippen molar-refractivity contribution in [3.63, 3.8) is 0 Å². The molecule has 3 amide bonds. The molecule has 141 heavy (non-hydrogen) atoms. The van der Waals surface area contributed by atoms with E-state index in [4.69, 9.17) is 122 Å². The van der Waals surface area contributed by atoms with Gasteiger partial charge in [0.2, 0.25) is 17.7 Å². The molecule has 9 aromatic heterocycles. The molecule has 0 unspecified atom stereocenters. The third kappa shape index (κ3) is 18.4. The number of piperazine rings is 3. The number of anilines is 6. The third-order valence-electron chi connectivity index (χ3n) is 24.9.